The Balaban J connectivity index is 2.22. The molecule has 3 aromatic rings. The molecule has 0 aliphatic heterocycles. The van der Waals surface area contributed by atoms with Gasteiger partial charge in [-0.25, -0.2) is 13.1 Å². The number of sulfonamides is 1. The van der Waals surface area contributed by atoms with Crippen molar-refractivity contribution >= 4 is 21.6 Å². The van der Waals surface area contributed by atoms with Crippen molar-refractivity contribution in [2.24, 2.45) is 5.92 Å². The van der Waals surface area contributed by atoms with E-state index in [0.29, 0.717) is 17.8 Å². The van der Waals surface area contributed by atoms with Gasteiger partial charge in [-0.1, -0.05) is 32.9 Å². The van der Waals surface area contributed by atoms with Gasteiger partial charge in [-0.15, -0.1) is 0 Å². The van der Waals surface area contributed by atoms with Crippen LogP contribution in [-0.4, -0.2) is 42.1 Å². The third kappa shape index (κ3) is 6.20. The van der Waals surface area contributed by atoms with Crippen molar-refractivity contribution in [1.29, 1.82) is 0 Å². The van der Waals surface area contributed by atoms with Gasteiger partial charge in [0.15, 0.2) is 5.69 Å². The number of rotatable bonds is 11. The number of carbonyl (C=O) groups is 1. The minimum absolute atomic E-state index is 0.00463. The SMILES string of the molecule is CCCNC(=O)c1nn(-c2cccc(C)c2C)c(Oc2ccc([N+](=O)[O-])cc2S(=O)(=O)NCC(C)C)c1C. The minimum atomic E-state index is -4.18. The molecule has 0 aliphatic carbocycles. The zero-order valence-corrected chi connectivity index (χ0v) is 23.2. The molecule has 0 radical (unpaired) electrons. The van der Waals surface area contributed by atoms with Crippen molar-refractivity contribution < 1.29 is 22.9 Å². The summed E-state index contributed by atoms with van der Waals surface area (Å²) in [6, 6.07) is 8.95. The number of hydrogen-bond acceptors (Lipinski definition) is 7. The van der Waals surface area contributed by atoms with E-state index in [4.69, 9.17) is 4.74 Å². The van der Waals surface area contributed by atoms with Gasteiger partial charge < -0.3 is 10.1 Å². The average molecular weight is 544 g/mol. The number of aryl methyl sites for hydroxylation is 1. The number of nitro groups is 1. The molecule has 0 saturated carbocycles. The first-order valence-electron chi connectivity index (χ1n) is 12.3. The van der Waals surface area contributed by atoms with Gasteiger partial charge in [-0.2, -0.15) is 9.78 Å². The van der Waals surface area contributed by atoms with Crippen LogP contribution in [0.4, 0.5) is 5.69 Å². The van der Waals surface area contributed by atoms with E-state index in [1.54, 1.807) is 6.92 Å². The highest BCUT2D eigenvalue weighted by molar-refractivity contribution is 7.89. The Hall–Kier alpha value is -3.77. The van der Waals surface area contributed by atoms with Crippen molar-refractivity contribution in [3.8, 4) is 17.3 Å². The smallest absolute Gasteiger partial charge is 0.272 e. The van der Waals surface area contributed by atoms with Crippen LogP contribution in [0.25, 0.3) is 5.69 Å². The fourth-order valence-corrected chi connectivity index (χ4v) is 4.99. The van der Waals surface area contributed by atoms with Gasteiger partial charge in [0, 0.05) is 30.8 Å². The second-order valence-corrected chi connectivity index (χ2v) is 11.1. The largest absolute Gasteiger partial charge is 0.437 e. The summed E-state index contributed by atoms with van der Waals surface area (Å²) in [6.45, 7) is 11.7. The third-order valence-corrected chi connectivity index (χ3v) is 7.38. The lowest BCUT2D eigenvalue weighted by molar-refractivity contribution is -0.385. The molecular formula is C26H33N5O6S. The summed E-state index contributed by atoms with van der Waals surface area (Å²) in [7, 11) is -4.18. The molecule has 0 unspecified atom stereocenters. The normalized spacial score (nSPS) is 11.6. The third-order valence-electron chi connectivity index (χ3n) is 5.94. The van der Waals surface area contributed by atoms with Crippen LogP contribution in [0.3, 0.4) is 0 Å². The molecule has 0 fully saturated rings. The number of non-ortho nitro benzene ring substituents is 1. The standard InChI is InChI=1S/C26H33N5O6S/c1-7-13-27-25(32)24-19(6)26(30(29-24)21-10-8-9-17(4)18(21)5)37-22-12-11-20(31(33)34)14-23(22)38(35,36)28-15-16(2)3/h8-12,14,16,28H,7,13,15H2,1-6H3,(H,27,32). The van der Waals surface area contributed by atoms with E-state index in [-0.39, 0.29) is 29.8 Å². The quantitative estimate of drug-likeness (QED) is 0.266. The summed E-state index contributed by atoms with van der Waals surface area (Å²) in [6.07, 6.45) is 0.735. The highest BCUT2D eigenvalue weighted by Gasteiger charge is 2.28. The van der Waals surface area contributed by atoms with Crippen LogP contribution in [0.15, 0.2) is 41.3 Å². The van der Waals surface area contributed by atoms with E-state index in [0.717, 1.165) is 23.6 Å². The molecule has 0 saturated heterocycles. The van der Waals surface area contributed by atoms with E-state index in [2.05, 4.69) is 15.1 Å². The van der Waals surface area contributed by atoms with Crippen molar-refractivity contribution in [3.05, 3.63) is 68.9 Å². The van der Waals surface area contributed by atoms with Crippen molar-refractivity contribution in [2.75, 3.05) is 13.1 Å². The average Bonchev–Trinajstić information content (AvgIpc) is 3.18. The summed E-state index contributed by atoms with van der Waals surface area (Å²) in [5.41, 5.74) is 2.61. The Morgan fingerprint density at radius 1 is 1.16 bits per heavy atom. The van der Waals surface area contributed by atoms with Crippen molar-refractivity contribution in [1.82, 2.24) is 19.8 Å². The molecule has 2 N–H and O–H groups in total. The predicted octanol–water partition coefficient (Wildman–Crippen LogP) is 4.57. The lowest BCUT2D eigenvalue weighted by Gasteiger charge is -2.16. The number of carbonyl (C=O) groups excluding carboxylic acids is 1. The first kappa shape index (κ1) is 28.8. The summed E-state index contributed by atoms with van der Waals surface area (Å²) in [5, 5.41) is 18.8. The number of aromatic nitrogens is 2. The maximum atomic E-state index is 13.2. The second-order valence-electron chi connectivity index (χ2n) is 9.40. The summed E-state index contributed by atoms with van der Waals surface area (Å²) in [5.74, 6) is -0.408. The summed E-state index contributed by atoms with van der Waals surface area (Å²) >= 11 is 0. The number of amides is 1. The van der Waals surface area contributed by atoms with Gasteiger partial charge in [-0.3, -0.25) is 14.9 Å². The zero-order valence-electron chi connectivity index (χ0n) is 22.4. The monoisotopic (exact) mass is 543 g/mol. The van der Waals surface area contributed by atoms with Gasteiger partial charge in [0.25, 0.3) is 11.6 Å². The maximum Gasteiger partial charge on any atom is 0.272 e. The molecule has 38 heavy (non-hydrogen) atoms. The fourth-order valence-electron chi connectivity index (χ4n) is 3.63. The Kier molecular flexibility index (Phi) is 8.89. The van der Waals surface area contributed by atoms with Crippen LogP contribution < -0.4 is 14.8 Å². The molecule has 204 valence electrons. The van der Waals surface area contributed by atoms with E-state index >= 15 is 0 Å². The molecule has 0 atom stereocenters. The number of nitrogens with one attached hydrogen (secondary N) is 2. The molecular weight excluding hydrogens is 510 g/mol. The molecule has 0 bridgehead atoms. The Morgan fingerprint density at radius 2 is 1.87 bits per heavy atom. The van der Waals surface area contributed by atoms with Crippen LogP contribution >= 0.6 is 0 Å². The van der Waals surface area contributed by atoms with Crippen LogP contribution in [-0.2, 0) is 10.0 Å². The van der Waals surface area contributed by atoms with Crippen LogP contribution in [0.5, 0.6) is 11.6 Å². The topological polar surface area (TPSA) is 145 Å². The van der Waals surface area contributed by atoms with Crippen molar-refractivity contribution in [2.45, 2.75) is 52.9 Å². The lowest BCUT2D eigenvalue weighted by Crippen LogP contribution is -2.28. The fraction of sp³-hybridized carbons (Fsp3) is 0.385. The molecule has 1 heterocycles. The number of hydrogen-bond donors (Lipinski definition) is 2. The van der Waals surface area contributed by atoms with Crippen molar-refractivity contribution in [3.63, 3.8) is 0 Å². The molecule has 0 spiro atoms. The minimum Gasteiger partial charge on any atom is -0.437 e. The van der Waals surface area contributed by atoms with E-state index in [1.807, 2.05) is 52.8 Å². The number of nitro benzene ring substituents is 1. The maximum absolute atomic E-state index is 13.2. The number of ether oxygens (including phenoxy) is 1. The van der Waals surface area contributed by atoms with Gasteiger partial charge in [0.2, 0.25) is 15.9 Å². The lowest BCUT2D eigenvalue weighted by atomic mass is 10.1. The highest BCUT2D eigenvalue weighted by atomic mass is 32.2. The van der Waals surface area contributed by atoms with E-state index in [1.165, 1.54) is 16.8 Å². The van der Waals surface area contributed by atoms with Crippen LogP contribution in [0, 0.1) is 36.8 Å². The van der Waals surface area contributed by atoms with Gasteiger partial charge in [0.1, 0.15) is 10.6 Å². The summed E-state index contributed by atoms with van der Waals surface area (Å²) < 4.78 is 36.5. The predicted molar refractivity (Wildman–Crippen MR) is 144 cm³/mol. The molecule has 3 rings (SSSR count). The molecule has 2 aromatic carbocycles. The van der Waals surface area contributed by atoms with Gasteiger partial charge in [0.05, 0.1) is 10.6 Å². The Bertz CT molecular complexity index is 1460. The molecule has 1 amide bonds. The number of benzene rings is 2. The zero-order chi connectivity index (χ0) is 28.2. The van der Waals surface area contributed by atoms with E-state index in [9.17, 15) is 23.3 Å². The van der Waals surface area contributed by atoms with E-state index < -0.39 is 31.4 Å². The Morgan fingerprint density at radius 3 is 2.50 bits per heavy atom. The number of nitrogens with zero attached hydrogens (tertiary/aromatic N) is 3. The van der Waals surface area contributed by atoms with Gasteiger partial charge >= 0.3 is 0 Å². The highest BCUT2D eigenvalue weighted by Crippen LogP contribution is 2.36. The van der Waals surface area contributed by atoms with Crippen LogP contribution in [0.2, 0.25) is 0 Å². The Labute approximate surface area is 222 Å². The summed E-state index contributed by atoms with van der Waals surface area (Å²) in [4.78, 5) is 23.3. The molecule has 0 aliphatic rings. The molecule has 12 heteroatoms. The second kappa shape index (κ2) is 11.7. The first-order chi connectivity index (χ1) is 17.9. The molecule has 11 nitrogen and oxygen atoms in total. The van der Waals surface area contributed by atoms with Gasteiger partial charge in [-0.05, 0) is 56.4 Å². The van der Waals surface area contributed by atoms with Crippen LogP contribution in [0.1, 0.15) is 54.4 Å². The molecule has 1 aromatic heterocycles. The first-order valence-corrected chi connectivity index (χ1v) is 13.8.